The number of benzene rings is 1. The van der Waals surface area contributed by atoms with Crippen molar-refractivity contribution in [3.63, 3.8) is 0 Å². The highest BCUT2D eigenvalue weighted by atomic mass is 15.3. The minimum Gasteiger partial charge on any atom is -0.364 e. The minimum atomic E-state index is 0.647. The van der Waals surface area contributed by atoms with E-state index in [1.807, 2.05) is 24.3 Å². The summed E-state index contributed by atoms with van der Waals surface area (Å²) < 4.78 is 0. The normalized spacial score (nSPS) is 13.4. The first-order valence-corrected chi connectivity index (χ1v) is 8.22. The third kappa shape index (κ3) is 3.06. The number of nitrogens with one attached hydrogen (secondary N) is 1. The largest absolute Gasteiger partial charge is 0.364 e. The zero-order valence-electron chi connectivity index (χ0n) is 13.4. The van der Waals surface area contributed by atoms with Gasteiger partial charge >= 0.3 is 0 Å². The Labute approximate surface area is 141 Å². The first kappa shape index (κ1) is 14.6. The average molecular weight is 317 g/mol. The Kier molecular flexibility index (Phi) is 4.06. The lowest BCUT2D eigenvalue weighted by atomic mass is 10.0. The number of pyridine rings is 1. The van der Waals surface area contributed by atoms with Crippen LogP contribution in [-0.4, -0.2) is 21.5 Å². The van der Waals surface area contributed by atoms with Gasteiger partial charge in [-0.15, -0.1) is 0 Å². The van der Waals surface area contributed by atoms with Crippen molar-refractivity contribution >= 4 is 17.5 Å². The molecule has 1 N–H and O–H groups in total. The molecule has 0 bridgehead atoms. The van der Waals surface area contributed by atoms with Crippen molar-refractivity contribution in [2.75, 3.05) is 16.8 Å². The second kappa shape index (κ2) is 6.66. The molecule has 0 aliphatic carbocycles. The van der Waals surface area contributed by atoms with Crippen LogP contribution in [-0.2, 0) is 13.0 Å². The van der Waals surface area contributed by atoms with Crippen molar-refractivity contribution < 1.29 is 0 Å². The second-order valence-corrected chi connectivity index (χ2v) is 5.80. The maximum Gasteiger partial charge on any atom is 0.231 e. The molecular formula is C19H19N5. The summed E-state index contributed by atoms with van der Waals surface area (Å²) in [5.74, 6) is 1.56. The smallest absolute Gasteiger partial charge is 0.231 e. The van der Waals surface area contributed by atoms with Crippen LogP contribution in [0.2, 0.25) is 0 Å². The van der Waals surface area contributed by atoms with E-state index in [9.17, 15) is 0 Å². The molecule has 0 amide bonds. The van der Waals surface area contributed by atoms with E-state index in [1.165, 1.54) is 11.3 Å². The number of hydrogen-bond acceptors (Lipinski definition) is 5. The lowest BCUT2D eigenvalue weighted by Gasteiger charge is -2.29. The zero-order valence-corrected chi connectivity index (χ0v) is 13.4. The first-order valence-electron chi connectivity index (χ1n) is 8.22. The van der Waals surface area contributed by atoms with Crippen LogP contribution in [0.1, 0.15) is 17.7 Å². The van der Waals surface area contributed by atoms with Gasteiger partial charge in [0.2, 0.25) is 5.95 Å². The Morgan fingerprint density at radius 2 is 1.88 bits per heavy atom. The number of hydrogen-bond donors (Lipinski definition) is 1. The Balaban J connectivity index is 1.55. The molecule has 0 spiro atoms. The van der Waals surface area contributed by atoms with Crippen LogP contribution in [0, 0.1) is 0 Å². The van der Waals surface area contributed by atoms with Gasteiger partial charge in [-0.2, -0.15) is 4.98 Å². The van der Waals surface area contributed by atoms with Gasteiger partial charge in [0, 0.05) is 24.6 Å². The molecule has 1 aliphatic rings. The van der Waals surface area contributed by atoms with Gasteiger partial charge in [-0.3, -0.25) is 4.98 Å². The zero-order chi connectivity index (χ0) is 16.2. The van der Waals surface area contributed by atoms with E-state index in [-0.39, 0.29) is 0 Å². The number of rotatable bonds is 4. The SMILES string of the molecule is c1ccc(CNc2ccnc(N3CCCc4ccccc43)n2)nc1. The number of aryl methyl sites for hydroxylation is 1. The van der Waals surface area contributed by atoms with Crippen molar-refractivity contribution in [1.29, 1.82) is 0 Å². The van der Waals surface area contributed by atoms with Crippen molar-refractivity contribution in [3.05, 3.63) is 72.2 Å². The van der Waals surface area contributed by atoms with Crippen LogP contribution in [0.15, 0.2) is 60.9 Å². The molecule has 0 unspecified atom stereocenters. The van der Waals surface area contributed by atoms with E-state index in [0.717, 1.165) is 36.8 Å². The summed E-state index contributed by atoms with van der Waals surface area (Å²) in [6.07, 6.45) is 5.84. The highest BCUT2D eigenvalue weighted by Crippen LogP contribution is 2.31. The van der Waals surface area contributed by atoms with Gasteiger partial charge < -0.3 is 10.2 Å². The number of para-hydroxylation sites is 1. The third-order valence-electron chi connectivity index (χ3n) is 4.17. The number of aromatic nitrogens is 3. The molecule has 3 aromatic rings. The van der Waals surface area contributed by atoms with Gasteiger partial charge in [-0.25, -0.2) is 4.98 Å². The fourth-order valence-corrected chi connectivity index (χ4v) is 3.00. The standard InChI is InChI=1S/C19H19N5/c1-2-9-17-15(6-1)7-5-13-24(17)19-21-12-10-18(23-19)22-14-16-8-3-4-11-20-16/h1-4,6,8-12H,5,7,13-14H2,(H,21,22,23). The van der Waals surface area contributed by atoms with E-state index >= 15 is 0 Å². The van der Waals surface area contributed by atoms with E-state index in [4.69, 9.17) is 0 Å². The topological polar surface area (TPSA) is 53.9 Å². The minimum absolute atomic E-state index is 0.647. The fourth-order valence-electron chi connectivity index (χ4n) is 3.00. The molecule has 120 valence electrons. The molecule has 1 aromatic carbocycles. The fraction of sp³-hybridized carbons (Fsp3) is 0.211. The van der Waals surface area contributed by atoms with Crippen molar-refractivity contribution in [2.24, 2.45) is 0 Å². The Morgan fingerprint density at radius 3 is 2.79 bits per heavy atom. The highest BCUT2D eigenvalue weighted by molar-refractivity contribution is 5.64. The van der Waals surface area contributed by atoms with Gasteiger partial charge in [-0.1, -0.05) is 24.3 Å². The van der Waals surface area contributed by atoms with Crippen LogP contribution in [0.25, 0.3) is 0 Å². The van der Waals surface area contributed by atoms with Gasteiger partial charge in [0.05, 0.1) is 12.2 Å². The highest BCUT2D eigenvalue weighted by Gasteiger charge is 2.19. The van der Waals surface area contributed by atoms with Crippen LogP contribution < -0.4 is 10.2 Å². The number of fused-ring (bicyclic) bond motifs is 1. The lowest BCUT2D eigenvalue weighted by Crippen LogP contribution is -2.26. The summed E-state index contributed by atoms with van der Waals surface area (Å²) in [6.45, 7) is 1.59. The molecule has 4 rings (SSSR count). The Morgan fingerprint density at radius 1 is 0.958 bits per heavy atom. The van der Waals surface area contributed by atoms with Gasteiger partial charge in [-0.05, 0) is 42.7 Å². The maximum atomic E-state index is 4.69. The molecule has 2 aromatic heterocycles. The van der Waals surface area contributed by atoms with Crippen molar-refractivity contribution in [3.8, 4) is 0 Å². The van der Waals surface area contributed by atoms with Crippen LogP contribution in [0.4, 0.5) is 17.5 Å². The average Bonchev–Trinajstić information content (AvgIpc) is 2.67. The summed E-state index contributed by atoms with van der Waals surface area (Å²) in [7, 11) is 0. The molecule has 1 aliphatic heterocycles. The molecule has 5 nitrogen and oxygen atoms in total. The van der Waals surface area contributed by atoms with E-state index < -0.39 is 0 Å². The van der Waals surface area contributed by atoms with Crippen molar-refractivity contribution in [1.82, 2.24) is 15.0 Å². The predicted octanol–water partition coefficient (Wildman–Crippen LogP) is 3.57. The summed E-state index contributed by atoms with van der Waals surface area (Å²) in [5, 5.41) is 3.32. The van der Waals surface area contributed by atoms with Crippen molar-refractivity contribution in [2.45, 2.75) is 19.4 Å². The molecule has 0 radical (unpaired) electrons. The molecule has 5 heteroatoms. The van der Waals surface area contributed by atoms with E-state index in [2.05, 4.69) is 49.4 Å². The Hall–Kier alpha value is -2.95. The molecular weight excluding hydrogens is 298 g/mol. The summed E-state index contributed by atoms with van der Waals surface area (Å²) >= 11 is 0. The number of nitrogens with zero attached hydrogens (tertiary/aromatic N) is 4. The summed E-state index contributed by atoms with van der Waals surface area (Å²) in [6, 6.07) is 16.3. The van der Waals surface area contributed by atoms with Gasteiger partial charge in [0.25, 0.3) is 0 Å². The molecule has 3 heterocycles. The van der Waals surface area contributed by atoms with Gasteiger partial charge in [0.15, 0.2) is 0 Å². The monoisotopic (exact) mass is 317 g/mol. The first-order chi connectivity index (χ1) is 11.9. The lowest BCUT2D eigenvalue weighted by molar-refractivity contribution is 0.750. The summed E-state index contributed by atoms with van der Waals surface area (Å²) in [4.78, 5) is 15.7. The third-order valence-corrected chi connectivity index (χ3v) is 4.17. The molecule has 24 heavy (non-hydrogen) atoms. The quantitative estimate of drug-likeness (QED) is 0.797. The Bertz CT molecular complexity index is 819. The van der Waals surface area contributed by atoms with Gasteiger partial charge in [0.1, 0.15) is 5.82 Å². The van der Waals surface area contributed by atoms with Crippen LogP contribution in [0.5, 0.6) is 0 Å². The predicted molar refractivity (Wildman–Crippen MR) is 95.4 cm³/mol. The summed E-state index contributed by atoms with van der Waals surface area (Å²) in [5.41, 5.74) is 3.56. The molecule has 0 saturated heterocycles. The van der Waals surface area contributed by atoms with Crippen LogP contribution in [0.3, 0.4) is 0 Å². The van der Waals surface area contributed by atoms with E-state index in [0.29, 0.717) is 6.54 Å². The van der Waals surface area contributed by atoms with Crippen LogP contribution >= 0.6 is 0 Å². The number of anilines is 3. The van der Waals surface area contributed by atoms with E-state index in [1.54, 1.807) is 12.4 Å². The molecule has 0 fully saturated rings. The molecule has 0 saturated carbocycles. The maximum absolute atomic E-state index is 4.69. The second-order valence-electron chi connectivity index (χ2n) is 5.80. The molecule has 0 atom stereocenters.